The molecule has 98 valence electrons. The van der Waals surface area contributed by atoms with Crippen molar-refractivity contribution in [3.8, 4) is 0 Å². The molecule has 0 aliphatic heterocycles. The van der Waals surface area contributed by atoms with E-state index >= 15 is 0 Å². The first-order chi connectivity index (χ1) is 8.36. The molecule has 0 saturated heterocycles. The summed E-state index contributed by atoms with van der Waals surface area (Å²) < 4.78 is 26.9. The Morgan fingerprint density at radius 3 is 2.44 bits per heavy atom. The monoisotopic (exact) mass is 318 g/mol. The number of hydrogen-bond acceptors (Lipinski definition) is 4. The van der Waals surface area contributed by atoms with E-state index in [4.69, 9.17) is 11.1 Å². The molecular formula is C11H13BrF2N4. The predicted octanol–water partition coefficient (Wildman–Crippen LogP) is 2.78. The van der Waals surface area contributed by atoms with Crippen molar-refractivity contribution in [3.63, 3.8) is 0 Å². The average molecular weight is 319 g/mol. The number of nitrogens with one attached hydrogen (secondary N) is 3. The van der Waals surface area contributed by atoms with Crippen LogP contribution in [0.4, 0.5) is 20.2 Å². The fourth-order valence-electron chi connectivity index (χ4n) is 1.27. The van der Waals surface area contributed by atoms with Crippen molar-refractivity contribution in [1.82, 2.24) is 5.32 Å². The lowest BCUT2D eigenvalue weighted by atomic mass is 10.2. The molecule has 1 aromatic carbocycles. The van der Waals surface area contributed by atoms with Gasteiger partial charge in [-0.15, -0.1) is 0 Å². The van der Waals surface area contributed by atoms with Gasteiger partial charge in [0.05, 0.1) is 15.9 Å². The number of rotatable bonds is 4. The van der Waals surface area contributed by atoms with Crippen molar-refractivity contribution in [2.24, 2.45) is 0 Å². The summed E-state index contributed by atoms with van der Waals surface area (Å²) in [7, 11) is 1.60. The number of nitrogens with two attached hydrogens (primary N) is 1. The second-order valence-electron chi connectivity index (χ2n) is 3.54. The first-order valence-corrected chi connectivity index (χ1v) is 5.80. The topological polar surface area (TPSA) is 73.9 Å². The number of anilines is 2. The van der Waals surface area contributed by atoms with Crippen LogP contribution in [0.2, 0.25) is 0 Å². The Hall–Kier alpha value is -1.63. The minimum atomic E-state index is -0.803. The highest BCUT2D eigenvalue weighted by molar-refractivity contribution is 9.12. The molecule has 0 bridgehead atoms. The van der Waals surface area contributed by atoms with Crippen LogP contribution in [0, 0.1) is 17.0 Å². The number of hydrogen-bond donors (Lipinski definition) is 4. The Bertz CT molecular complexity index is 491. The van der Waals surface area contributed by atoms with Crippen LogP contribution in [0.15, 0.2) is 22.4 Å². The molecule has 18 heavy (non-hydrogen) atoms. The van der Waals surface area contributed by atoms with Crippen molar-refractivity contribution in [1.29, 1.82) is 5.41 Å². The molecule has 0 aliphatic carbocycles. The van der Waals surface area contributed by atoms with Gasteiger partial charge >= 0.3 is 0 Å². The summed E-state index contributed by atoms with van der Waals surface area (Å²) in [5, 5.41) is 12.9. The zero-order chi connectivity index (χ0) is 13.9. The van der Waals surface area contributed by atoms with E-state index in [2.05, 4.69) is 26.6 Å². The van der Waals surface area contributed by atoms with Crippen LogP contribution in [0.25, 0.3) is 0 Å². The van der Waals surface area contributed by atoms with Crippen LogP contribution in [0.5, 0.6) is 0 Å². The van der Waals surface area contributed by atoms with Crippen LogP contribution in [0.1, 0.15) is 6.92 Å². The molecule has 1 rings (SSSR count). The number of nitrogen functional groups attached to an aromatic ring is 1. The lowest BCUT2D eigenvalue weighted by molar-refractivity contribution is 0.586. The third-order valence-corrected chi connectivity index (χ3v) is 3.13. The molecule has 0 heterocycles. The van der Waals surface area contributed by atoms with Gasteiger partial charge in [0.15, 0.2) is 5.82 Å². The smallest absolute Gasteiger partial charge is 0.151 e. The lowest BCUT2D eigenvalue weighted by Gasteiger charge is -2.15. The number of halogens is 3. The summed E-state index contributed by atoms with van der Waals surface area (Å²) in [6.07, 6.45) is 0. The fourth-order valence-corrected chi connectivity index (χ4v) is 1.56. The van der Waals surface area contributed by atoms with E-state index in [0.29, 0.717) is 10.3 Å². The van der Waals surface area contributed by atoms with Crippen LogP contribution in [0.3, 0.4) is 0 Å². The summed E-state index contributed by atoms with van der Waals surface area (Å²) in [5.74, 6) is -1.18. The van der Waals surface area contributed by atoms with E-state index < -0.39 is 11.6 Å². The van der Waals surface area contributed by atoms with E-state index in [1.54, 1.807) is 14.0 Å². The molecule has 0 radical (unpaired) electrons. The minimum absolute atomic E-state index is 0.0426. The van der Waals surface area contributed by atoms with E-state index in [1.807, 2.05) is 0 Å². The second-order valence-corrected chi connectivity index (χ2v) is 4.33. The maximum Gasteiger partial charge on any atom is 0.151 e. The molecule has 1 aromatic rings. The first kappa shape index (κ1) is 14.4. The Labute approximate surface area is 112 Å². The molecule has 0 atom stereocenters. The van der Waals surface area contributed by atoms with Gasteiger partial charge in [0.25, 0.3) is 0 Å². The summed E-state index contributed by atoms with van der Waals surface area (Å²) in [5.41, 5.74) is 5.69. The van der Waals surface area contributed by atoms with E-state index in [0.717, 1.165) is 12.1 Å². The van der Waals surface area contributed by atoms with Crippen molar-refractivity contribution in [2.45, 2.75) is 6.92 Å². The van der Waals surface area contributed by atoms with Gasteiger partial charge < -0.3 is 21.8 Å². The zero-order valence-electron chi connectivity index (χ0n) is 9.87. The van der Waals surface area contributed by atoms with Gasteiger partial charge in [-0.25, -0.2) is 8.78 Å². The summed E-state index contributed by atoms with van der Waals surface area (Å²) in [4.78, 5) is 0. The normalized spacial score (nSPS) is 11.8. The number of benzene rings is 1. The van der Waals surface area contributed by atoms with Gasteiger partial charge in [-0.05, 0) is 28.9 Å². The number of allylic oxidation sites excluding steroid dienone is 1. The van der Waals surface area contributed by atoms with Crippen LogP contribution >= 0.6 is 15.9 Å². The van der Waals surface area contributed by atoms with Gasteiger partial charge in [-0.1, -0.05) is 0 Å². The molecule has 0 spiro atoms. The molecular weight excluding hydrogens is 306 g/mol. The van der Waals surface area contributed by atoms with Gasteiger partial charge in [-0.2, -0.15) is 0 Å². The molecule has 7 heteroatoms. The average Bonchev–Trinajstić information content (AvgIpc) is 2.27. The van der Waals surface area contributed by atoms with Crippen LogP contribution in [-0.2, 0) is 0 Å². The van der Waals surface area contributed by atoms with Gasteiger partial charge in [0.2, 0.25) is 0 Å². The Kier molecular flexibility index (Phi) is 4.66. The SMILES string of the molecule is CN/C(Nc1c(N)cc(F)cc1F)=C(/Br)C(C)=N. The third-order valence-electron chi connectivity index (χ3n) is 2.13. The van der Waals surface area contributed by atoms with Gasteiger partial charge in [-0.3, -0.25) is 0 Å². The largest absolute Gasteiger partial charge is 0.397 e. The fraction of sp³-hybridized carbons (Fsp3) is 0.182. The first-order valence-electron chi connectivity index (χ1n) is 5.01. The minimum Gasteiger partial charge on any atom is -0.397 e. The Morgan fingerprint density at radius 2 is 2.00 bits per heavy atom. The predicted molar refractivity (Wildman–Crippen MR) is 72.8 cm³/mol. The molecule has 0 amide bonds. The van der Waals surface area contributed by atoms with Crippen LogP contribution in [-0.4, -0.2) is 12.8 Å². The molecule has 0 fully saturated rings. The van der Waals surface area contributed by atoms with E-state index in [-0.39, 0.29) is 17.1 Å². The van der Waals surface area contributed by atoms with Crippen LogP contribution < -0.4 is 16.4 Å². The third kappa shape index (κ3) is 3.19. The zero-order valence-corrected chi connectivity index (χ0v) is 11.5. The molecule has 4 nitrogen and oxygen atoms in total. The maximum atomic E-state index is 13.6. The molecule has 0 aliphatic rings. The highest BCUT2D eigenvalue weighted by Crippen LogP contribution is 2.26. The molecule has 0 aromatic heterocycles. The van der Waals surface area contributed by atoms with E-state index in [9.17, 15) is 8.78 Å². The van der Waals surface area contributed by atoms with Crippen molar-refractivity contribution < 1.29 is 8.78 Å². The second kappa shape index (κ2) is 5.81. The maximum absolute atomic E-state index is 13.6. The Balaban J connectivity index is 3.18. The molecule has 5 N–H and O–H groups in total. The van der Waals surface area contributed by atoms with Crippen molar-refractivity contribution >= 4 is 33.0 Å². The highest BCUT2D eigenvalue weighted by Gasteiger charge is 2.12. The summed E-state index contributed by atoms with van der Waals surface area (Å²) >= 11 is 3.18. The summed E-state index contributed by atoms with van der Waals surface area (Å²) in [6.45, 7) is 1.56. The highest BCUT2D eigenvalue weighted by atomic mass is 79.9. The quantitative estimate of drug-likeness (QED) is 0.509. The van der Waals surface area contributed by atoms with Gasteiger partial charge in [0, 0.05) is 18.8 Å². The van der Waals surface area contributed by atoms with Crippen molar-refractivity contribution in [2.75, 3.05) is 18.1 Å². The van der Waals surface area contributed by atoms with Gasteiger partial charge in [0.1, 0.15) is 11.6 Å². The van der Waals surface area contributed by atoms with E-state index in [1.165, 1.54) is 0 Å². The lowest BCUT2D eigenvalue weighted by Crippen LogP contribution is -2.19. The summed E-state index contributed by atoms with van der Waals surface area (Å²) in [6, 6.07) is 1.75. The Morgan fingerprint density at radius 1 is 1.39 bits per heavy atom. The van der Waals surface area contributed by atoms with Crippen molar-refractivity contribution in [3.05, 3.63) is 34.1 Å². The molecule has 0 saturated carbocycles. The standard InChI is InChI=1S/C11H13BrF2N4/c1-5(15)9(12)11(17-2)18-10-7(14)3-6(13)4-8(10)16/h3-4,15,17-18H,16H2,1-2H3/b11-9-,15-5?. The molecule has 0 unspecified atom stereocenters.